The number of rotatable bonds is 3. The number of aliphatic hydroxyl groups excluding tert-OH is 6. The van der Waals surface area contributed by atoms with Gasteiger partial charge in [-0.1, -0.05) is 81.0 Å². The van der Waals surface area contributed by atoms with Gasteiger partial charge in [0.25, 0.3) is 0 Å². The Balaban J connectivity index is 3.06. The molecule has 0 aromatic carbocycles. The molecule has 1 heterocycles. The van der Waals surface area contributed by atoms with E-state index in [1.165, 1.54) is 12.2 Å². The molecule has 7 N–H and O–H groups in total. The molecule has 0 aromatic rings. The predicted molar refractivity (Wildman–Crippen MR) is 164 cm³/mol. The Morgan fingerprint density at radius 1 is 0.767 bits per heavy atom. The van der Waals surface area contributed by atoms with E-state index in [0.29, 0.717) is 12.8 Å². The molecular formula is C33H52O10. The van der Waals surface area contributed by atoms with Gasteiger partial charge in [0, 0.05) is 18.8 Å². The molecular weight excluding hydrogens is 556 g/mol. The first kappa shape index (κ1) is 38.4. The second-order valence-electron chi connectivity index (χ2n) is 11.4. The van der Waals surface area contributed by atoms with Crippen molar-refractivity contribution in [3.05, 3.63) is 60.8 Å². The van der Waals surface area contributed by atoms with Crippen molar-refractivity contribution >= 4 is 11.9 Å². The third-order valence-electron chi connectivity index (χ3n) is 7.59. The van der Waals surface area contributed by atoms with E-state index in [1.54, 1.807) is 37.3 Å². The van der Waals surface area contributed by atoms with E-state index in [9.17, 15) is 45.3 Å². The highest BCUT2D eigenvalue weighted by atomic mass is 16.5. The summed E-state index contributed by atoms with van der Waals surface area (Å²) in [7, 11) is 0. The van der Waals surface area contributed by atoms with Crippen LogP contribution in [0.5, 0.6) is 0 Å². The van der Waals surface area contributed by atoms with Crippen LogP contribution in [0.4, 0.5) is 0 Å². The topological polar surface area (TPSA) is 185 Å². The molecule has 0 bridgehead atoms. The Kier molecular flexibility index (Phi) is 18.9. The highest BCUT2D eigenvalue weighted by Gasteiger charge is 2.34. The average molecular weight is 609 g/mol. The van der Waals surface area contributed by atoms with Crippen LogP contribution >= 0.6 is 0 Å². The maximum atomic E-state index is 12.8. The van der Waals surface area contributed by atoms with Crippen LogP contribution in [-0.2, 0) is 14.3 Å². The van der Waals surface area contributed by atoms with Crippen LogP contribution in [0.25, 0.3) is 0 Å². The minimum atomic E-state index is -1.54. The number of allylic oxidation sites excluding steroid dienone is 8. The van der Waals surface area contributed by atoms with Crippen molar-refractivity contribution in [3.8, 4) is 0 Å². The molecule has 43 heavy (non-hydrogen) atoms. The fraction of sp³-hybridized carbons (Fsp3) is 0.636. The van der Waals surface area contributed by atoms with Crippen LogP contribution in [0, 0.1) is 17.8 Å². The van der Waals surface area contributed by atoms with Gasteiger partial charge in [0.1, 0.15) is 12.0 Å². The molecule has 0 radical (unpaired) electrons. The first-order valence-electron chi connectivity index (χ1n) is 15.2. The second-order valence-corrected chi connectivity index (χ2v) is 11.4. The first-order valence-corrected chi connectivity index (χ1v) is 15.2. The zero-order valence-corrected chi connectivity index (χ0v) is 25.6. The summed E-state index contributed by atoms with van der Waals surface area (Å²) < 4.78 is 5.74. The molecule has 10 heteroatoms. The number of hydrogen-bond donors (Lipinski definition) is 7. The Morgan fingerprint density at radius 3 is 1.84 bits per heavy atom. The van der Waals surface area contributed by atoms with Gasteiger partial charge in [-0.15, -0.1) is 0 Å². The van der Waals surface area contributed by atoms with E-state index in [1.807, 2.05) is 32.1 Å². The molecule has 0 aliphatic carbocycles. The molecule has 0 saturated heterocycles. The zero-order chi connectivity index (χ0) is 32.4. The van der Waals surface area contributed by atoms with Crippen molar-refractivity contribution < 1.29 is 50.1 Å². The van der Waals surface area contributed by atoms with Crippen molar-refractivity contribution in [1.29, 1.82) is 0 Å². The van der Waals surface area contributed by atoms with Crippen molar-refractivity contribution in [2.45, 2.75) is 115 Å². The molecule has 244 valence electrons. The minimum Gasteiger partial charge on any atom is -0.481 e. The van der Waals surface area contributed by atoms with Crippen LogP contribution < -0.4 is 0 Å². The van der Waals surface area contributed by atoms with Gasteiger partial charge >= 0.3 is 11.9 Å². The number of carboxylic acid groups (broad SMARTS) is 1. The lowest BCUT2D eigenvalue weighted by Gasteiger charge is -2.26. The summed E-state index contributed by atoms with van der Waals surface area (Å²) in [5, 5.41) is 71.9. The molecule has 0 fully saturated rings. The van der Waals surface area contributed by atoms with E-state index in [2.05, 4.69) is 0 Å². The number of carbonyl (C=O) groups is 2. The lowest BCUT2D eigenvalue weighted by Crippen LogP contribution is -2.39. The quantitative estimate of drug-likeness (QED) is 0.235. The van der Waals surface area contributed by atoms with Crippen LogP contribution in [-0.4, -0.2) is 90.4 Å². The van der Waals surface area contributed by atoms with E-state index in [0.717, 1.165) is 6.42 Å². The molecule has 0 unspecified atom stereocenters. The maximum Gasteiger partial charge on any atom is 0.312 e. The Bertz CT molecular complexity index is 955. The van der Waals surface area contributed by atoms with Crippen molar-refractivity contribution in [2.24, 2.45) is 17.8 Å². The van der Waals surface area contributed by atoms with Crippen molar-refractivity contribution in [2.75, 3.05) is 0 Å². The number of aliphatic carboxylic acids is 1. The summed E-state index contributed by atoms with van der Waals surface area (Å²) in [4.78, 5) is 24.5. The molecule has 10 nitrogen and oxygen atoms in total. The van der Waals surface area contributed by atoms with Crippen LogP contribution in [0.3, 0.4) is 0 Å². The number of esters is 1. The lowest BCUT2D eigenvalue weighted by molar-refractivity contribution is -0.160. The van der Waals surface area contributed by atoms with Gasteiger partial charge in [0.15, 0.2) is 0 Å². The lowest BCUT2D eigenvalue weighted by atomic mass is 9.90. The molecule has 0 spiro atoms. The van der Waals surface area contributed by atoms with Crippen LogP contribution in [0.2, 0.25) is 0 Å². The van der Waals surface area contributed by atoms with Crippen molar-refractivity contribution in [1.82, 2.24) is 0 Å². The second kappa shape index (κ2) is 21.2. The minimum absolute atomic E-state index is 0.0470. The number of carbonyl (C=O) groups excluding carboxylic acids is 1. The normalized spacial score (nSPS) is 38.9. The predicted octanol–water partition coefficient (Wildman–Crippen LogP) is 2.97. The van der Waals surface area contributed by atoms with Crippen LogP contribution in [0.15, 0.2) is 60.8 Å². The summed E-state index contributed by atoms with van der Waals surface area (Å²) in [6.07, 6.45) is 11.0. The summed E-state index contributed by atoms with van der Waals surface area (Å²) in [6, 6.07) is 0. The van der Waals surface area contributed by atoms with E-state index in [-0.39, 0.29) is 44.1 Å². The Morgan fingerprint density at radius 2 is 1.28 bits per heavy atom. The molecule has 1 rings (SSSR count). The molecule has 1 aliphatic rings. The van der Waals surface area contributed by atoms with Gasteiger partial charge < -0.3 is 40.5 Å². The van der Waals surface area contributed by atoms with Gasteiger partial charge in [-0.25, -0.2) is 0 Å². The summed E-state index contributed by atoms with van der Waals surface area (Å²) >= 11 is 0. The Hall–Kier alpha value is -2.60. The van der Waals surface area contributed by atoms with E-state index >= 15 is 0 Å². The molecule has 10 atom stereocenters. The van der Waals surface area contributed by atoms with E-state index < -0.39 is 60.4 Å². The molecule has 0 aromatic heterocycles. The highest BCUT2D eigenvalue weighted by molar-refractivity contribution is 5.73. The third-order valence-corrected chi connectivity index (χ3v) is 7.59. The van der Waals surface area contributed by atoms with Gasteiger partial charge in [-0.3, -0.25) is 9.59 Å². The fourth-order valence-electron chi connectivity index (χ4n) is 4.85. The standard InChI is InChI=1S/C33H52O10/c1-4-14-30-22(2)15-11-9-7-5-6-8-10-12-18-27(37)31(32(40)41)29(39)20-25(35)17-13-16-24(34)19-26(36)21-28(38)23(3)33(42)43-30/h5-12,15,18,22-31,34-39H,4,13-14,16-17,19-21H2,1-3H3,(H,40,41)/b6-5+,9-7+,10-8+,15-11+,18-12+/t22-,23+,24-,25+,26-,27+,28-,29+,30+,31-/m0/s1. The third kappa shape index (κ3) is 15.6. The number of carboxylic acids is 1. The average Bonchev–Trinajstić information content (AvgIpc) is 2.92. The monoisotopic (exact) mass is 608 g/mol. The number of cyclic esters (lactones) is 1. The highest BCUT2D eigenvalue weighted by Crippen LogP contribution is 2.22. The number of hydrogen-bond acceptors (Lipinski definition) is 9. The van der Waals surface area contributed by atoms with E-state index in [4.69, 9.17) is 4.74 Å². The molecule has 1 aliphatic heterocycles. The smallest absolute Gasteiger partial charge is 0.312 e. The summed E-state index contributed by atoms with van der Waals surface area (Å²) in [6.45, 7) is 5.48. The SMILES string of the molecule is CCC[C@H]1OC(=O)[C@H](C)[C@@H](O)C[C@@H](O)C[C@@H](O)CCC[C@@H](O)C[C@@H](O)[C@@H](C(=O)O)[C@H](O)/C=C/C=C/C=C/C=C/C=C/[C@@H]1C. The molecule has 0 amide bonds. The summed E-state index contributed by atoms with van der Waals surface area (Å²) in [5.74, 6) is -4.46. The van der Waals surface area contributed by atoms with Gasteiger partial charge in [-0.05, 0) is 39.0 Å². The first-order chi connectivity index (χ1) is 20.4. The van der Waals surface area contributed by atoms with Crippen LogP contribution in [0.1, 0.15) is 72.1 Å². The molecule has 0 saturated carbocycles. The maximum absolute atomic E-state index is 12.8. The summed E-state index contributed by atoms with van der Waals surface area (Å²) in [5.41, 5.74) is 0. The zero-order valence-electron chi connectivity index (χ0n) is 25.6. The van der Waals surface area contributed by atoms with Gasteiger partial charge in [0.05, 0.1) is 42.5 Å². The number of ether oxygens (including phenoxy) is 1. The largest absolute Gasteiger partial charge is 0.481 e. The van der Waals surface area contributed by atoms with Gasteiger partial charge in [0.2, 0.25) is 0 Å². The number of aliphatic hydroxyl groups is 6. The fourth-order valence-corrected chi connectivity index (χ4v) is 4.85. The van der Waals surface area contributed by atoms with Gasteiger partial charge in [-0.2, -0.15) is 0 Å². The van der Waals surface area contributed by atoms with Crippen molar-refractivity contribution in [3.63, 3.8) is 0 Å². The Labute approximate surface area is 255 Å².